The molecule has 1 saturated heterocycles. The Labute approximate surface area is 183 Å². The Morgan fingerprint density at radius 3 is 2.61 bits per heavy atom. The fourth-order valence-electron chi connectivity index (χ4n) is 4.09. The molecule has 0 aliphatic carbocycles. The summed E-state index contributed by atoms with van der Waals surface area (Å²) in [6.07, 6.45) is 6.11. The zero-order valence-electron chi connectivity index (χ0n) is 18.5. The maximum absolute atomic E-state index is 13.4. The molecule has 0 radical (unpaired) electrons. The first-order chi connectivity index (χ1) is 15.1. The first kappa shape index (κ1) is 21.3. The normalized spacial score (nSPS) is 15.7. The van der Waals surface area contributed by atoms with Gasteiger partial charge in [0.25, 0.3) is 5.91 Å². The van der Waals surface area contributed by atoms with Crippen molar-refractivity contribution in [1.29, 1.82) is 0 Å². The van der Waals surface area contributed by atoms with Crippen LogP contribution < -0.4 is 10.6 Å². The number of fused-ring (bicyclic) bond motifs is 1. The van der Waals surface area contributed by atoms with E-state index in [1.54, 1.807) is 6.20 Å². The van der Waals surface area contributed by atoms with Crippen LogP contribution in [0.4, 0.5) is 5.69 Å². The van der Waals surface area contributed by atoms with Crippen molar-refractivity contribution >= 4 is 22.6 Å². The van der Waals surface area contributed by atoms with Crippen LogP contribution in [-0.4, -0.2) is 39.9 Å². The van der Waals surface area contributed by atoms with Crippen LogP contribution in [0.3, 0.4) is 0 Å². The molecule has 1 fully saturated rings. The minimum absolute atomic E-state index is 0.0573. The van der Waals surface area contributed by atoms with Gasteiger partial charge in [-0.3, -0.25) is 4.79 Å². The van der Waals surface area contributed by atoms with Crippen LogP contribution in [0.15, 0.2) is 36.7 Å². The Morgan fingerprint density at radius 2 is 1.94 bits per heavy atom. The topological polar surface area (TPSA) is 81.1 Å². The molecule has 1 aromatic carbocycles. The van der Waals surface area contributed by atoms with Crippen LogP contribution >= 0.6 is 0 Å². The lowest BCUT2D eigenvalue weighted by Gasteiger charge is -2.26. The maximum atomic E-state index is 13.4. The average Bonchev–Trinajstić information content (AvgIpc) is 3.22. The number of amides is 1. The van der Waals surface area contributed by atoms with E-state index >= 15 is 0 Å². The molecule has 2 aromatic heterocycles. The number of rotatable bonds is 7. The standard InChI is InChI=1S/C24H31N5O2/c1-4-21(17-8-6-16(3)7-9-17)28-24(30)20-14-25-23-19(15-26-29(23)5-2)22(20)27-18-10-12-31-13-11-18/h6-9,14-15,18,21H,4-5,10-13H2,1-3H3,(H,25,27)(H,28,30)/t21-/m1/s1. The summed E-state index contributed by atoms with van der Waals surface area (Å²) in [5.74, 6) is -0.124. The summed E-state index contributed by atoms with van der Waals surface area (Å²) in [5, 5.41) is 12.2. The predicted molar refractivity (Wildman–Crippen MR) is 122 cm³/mol. The highest BCUT2D eigenvalue weighted by Gasteiger charge is 2.23. The first-order valence-corrected chi connectivity index (χ1v) is 11.2. The number of nitrogens with one attached hydrogen (secondary N) is 2. The second-order valence-corrected chi connectivity index (χ2v) is 8.12. The van der Waals surface area contributed by atoms with Crippen molar-refractivity contribution in [2.75, 3.05) is 18.5 Å². The molecule has 1 atom stereocenters. The zero-order valence-corrected chi connectivity index (χ0v) is 18.5. The summed E-state index contributed by atoms with van der Waals surface area (Å²) < 4.78 is 7.36. The quantitative estimate of drug-likeness (QED) is 0.597. The minimum atomic E-state index is -0.124. The van der Waals surface area contributed by atoms with Gasteiger partial charge < -0.3 is 15.4 Å². The molecule has 0 bridgehead atoms. The van der Waals surface area contributed by atoms with Gasteiger partial charge in [-0.05, 0) is 38.7 Å². The Kier molecular flexibility index (Phi) is 6.51. The number of hydrogen-bond donors (Lipinski definition) is 2. The summed E-state index contributed by atoms with van der Waals surface area (Å²) in [5.41, 5.74) is 4.47. The van der Waals surface area contributed by atoms with Crippen LogP contribution in [0.5, 0.6) is 0 Å². The molecule has 0 spiro atoms. The molecular formula is C24H31N5O2. The number of hydrogen-bond acceptors (Lipinski definition) is 5. The molecule has 3 aromatic rings. The van der Waals surface area contributed by atoms with E-state index in [1.807, 2.05) is 17.8 Å². The van der Waals surface area contributed by atoms with Crippen molar-refractivity contribution in [3.8, 4) is 0 Å². The smallest absolute Gasteiger partial charge is 0.255 e. The summed E-state index contributed by atoms with van der Waals surface area (Å²) >= 11 is 0. The molecule has 3 heterocycles. The molecule has 1 aliphatic rings. The molecule has 7 nitrogen and oxygen atoms in total. The molecule has 2 N–H and O–H groups in total. The van der Waals surface area contributed by atoms with Crippen molar-refractivity contribution in [2.24, 2.45) is 0 Å². The number of ether oxygens (including phenoxy) is 1. The maximum Gasteiger partial charge on any atom is 0.255 e. The highest BCUT2D eigenvalue weighted by molar-refractivity contribution is 6.06. The number of benzene rings is 1. The summed E-state index contributed by atoms with van der Waals surface area (Å²) in [6.45, 7) is 8.37. The number of aryl methyl sites for hydroxylation is 2. The Balaban J connectivity index is 1.66. The average molecular weight is 422 g/mol. The highest BCUT2D eigenvalue weighted by Crippen LogP contribution is 2.29. The highest BCUT2D eigenvalue weighted by atomic mass is 16.5. The Bertz CT molecular complexity index is 1040. The number of pyridine rings is 1. The summed E-state index contributed by atoms with van der Waals surface area (Å²) in [7, 11) is 0. The Hall–Kier alpha value is -2.93. The third-order valence-corrected chi connectivity index (χ3v) is 5.97. The van der Waals surface area contributed by atoms with Gasteiger partial charge >= 0.3 is 0 Å². The van der Waals surface area contributed by atoms with Gasteiger partial charge in [-0.1, -0.05) is 36.8 Å². The number of anilines is 1. The number of aromatic nitrogens is 3. The van der Waals surface area contributed by atoms with Gasteiger partial charge in [0.2, 0.25) is 0 Å². The van der Waals surface area contributed by atoms with E-state index in [0.717, 1.165) is 61.3 Å². The van der Waals surface area contributed by atoms with Gasteiger partial charge in [-0.25, -0.2) is 9.67 Å². The molecule has 1 aliphatic heterocycles. The van der Waals surface area contributed by atoms with Gasteiger partial charge in [-0.15, -0.1) is 0 Å². The summed E-state index contributed by atoms with van der Waals surface area (Å²) in [6, 6.07) is 8.52. The van der Waals surface area contributed by atoms with Gasteiger partial charge in [0.05, 0.1) is 28.9 Å². The second-order valence-electron chi connectivity index (χ2n) is 8.12. The van der Waals surface area contributed by atoms with E-state index < -0.39 is 0 Å². The molecular weight excluding hydrogens is 390 g/mol. The van der Waals surface area contributed by atoms with Crippen molar-refractivity contribution < 1.29 is 9.53 Å². The van der Waals surface area contributed by atoms with Crippen LogP contribution in [0.1, 0.15) is 60.6 Å². The van der Waals surface area contributed by atoms with Crippen molar-refractivity contribution in [1.82, 2.24) is 20.1 Å². The van der Waals surface area contributed by atoms with Crippen LogP contribution in [0.2, 0.25) is 0 Å². The number of carbonyl (C=O) groups is 1. The van der Waals surface area contributed by atoms with Gasteiger partial charge in [0.1, 0.15) is 0 Å². The molecule has 164 valence electrons. The van der Waals surface area contributed by atoms with Crippen molar-refractivity contribution in [2.45, 2.75) is 58.7 Å². The monoisotopic (exact) mass is 421 g/mol. The van der Waals surface area contributed by atoms with Gasteiger partial charge in [0.15, 0.2) is 5.65 Å². The minimum Gasteiger partial charge on any atom is -0.381 e. The van der Waals surface area contributed by atoms with E-state index in [0.29, 0.717) is 5.56 Å². The summed E-state index contributed by atoms with van der Waals surface area (Å²) in [4.78, 5) is 18.0. The van der Waals surface area contributed by atoms with E-state index in [1.165, 1.54) is 5.56 Å². The van der Waals surface area contributed by atoms with E-state index in [2.05, 4.69) is 58.8 Å². The fourth-order valence-corrected chi connectivity index (χ4v) is 4.09. The van der Waals surface area contributed by atoms with Crippen LogP contribution in [0.25, 0.3) is 11.0 Å². The SMILES string of the molecule is CC[C@@H](NC(=O)c1cnc2c(cnn2CC)c1NC1CCOCC1)c1ccc(C)cc1. The lowest BCUT2D eigenvalue weighted by atomic mass is 10.0. The number of carbonyl (C=O) groups excluding carboxylic acids is 1. The third kappa shape index (κ3) is 4.56. The first-order valence-electron chi connectivity index (χ1n) is 11.2. The molecule has 4 rings (SSSR count). The van der Waals surface area contributed by atoms with E-state index in [4.69, 9.17) is 4.74 Å². The fraction of sp³-hybridized carbons (Fsp3) is 0.458. The molecule has 0 saturated carbocycles. The molecule has 31 heavy (non-hydrogen) atoms. The lowest BCUT2D eigenvalue weighted by molar-refractivity contribution is 0.0903. The lowest BCUT2D eigenvalue weighted by Crippen LogP contribution is -2.32. The van der Waals surface area contributed by atoms with Crippen molar-refractivity contribution in [3.05, 3.63) is 53.3 Å². The van der Waals surface area contributed by atoms with Crippen molar-refractivity contribution in [3.63, 3.8) is 0 Å². The number of nitrogens with zero attached hydrogens (tertiary/aromatic N) is 3. The van der Waals surface area contributed by atoms with Crippen LogP contribution in [0, 0.1) is 6.92 Å². The third-order valence-electron chi connectivity index (χ3n) is 5.97. The van der Waals surface area contributed by atoms with E-state index in [9.17, 15) is 4.79 Å². The van der Waals surface area contributed by atoms with Crippen LogP contribution in [-0.2, 0) is 11.3 Å². The molecule has 7 heteroatoms. The molecule has 0 unspecified atom stereocenters. The second kappa shape index (κ2) is 9.47. The Morgan fingerprint density at radius 1 is 1.19 bits per heavy atom. The zero-order chi connectivity index (χ0) is 21.8. The van der Waals surface area contributed by atoms with Gasteiger partial charge in [-0.2, -0.15) is 5.10 Å². The predicted octanol–water partition coefficient (Wildman–Crippen LogP) is 4.23. The largest absolute Gasteiger partial charge is 0.381 e. The molecule has 1 amide bonds. The van der Waals surface area contributed by atoms with Gasteiger partial charge in [0, 0.05) is 32.0 Å². The van der Waals surface area contributed by atoms with E-state index in [-0.39, 0.29) is 18.0 Å².